The van der Waals surface area contributed by atoms with Gasteiger partial charge in [-0.1, -0.05) is 13.8 Å². The lowest BCUT2D eigenvalue weighted by Gasteiger charge is -2.07. The zero-order valence-electron chi connectivity index (χ0n) is 12.0. The Morgan fingerprint density at radius 1 is 1.32 bits per heavy atom. The van der Waals surface area contributed by atoms with Crippen LogP contribution in [-0.2, 0) is 20.5 Å². The maximum atomic E-state index is 6.12. The molecule has 19 heavy (non-hydrogen) atoms. The maximum Gasteiger partial charge on any atom is 0.147 e. The van der Waals surface area contributed by atoms with Crippen molar-refractivity contribution < 1.29 is 0 Å². The monoisotopic (exact) mass is 262 g/mol. The van der Waals surface area contributed by atoms with Crippen molar-refractivity contribution in [2.24, 2.45) is 14.1 Å². The average Bonchev–Trinajstić information content (AvgIpc) is 2.87. The van der Waals surface area contributed by atoms with Crippen LogP contribution in [0.1, 0.15) is 31.2 Å². The van der Waals surface area contributed by atoms with Crippen LogP contribution < -0.4 is 11.1 Å². The van der Waals surface area contributed by atoms with E-state index in [0.29, 0.717) is 5.92 Å². The second-order valence-corrected chi connectivity index (χ2v) is 5.08. The fourth-order valence-corrected chi connectivity index (χ4v) is 2.10. The summed E-state index contributed by atoms with van der Waals surface area (Å²) in [4.78, 5) is 0. The number of nitrogens with zero attached hydrogens (tertiary/aromatic N) is 4. The maximum absolute atomic E-state index is 6.12. The van der Waals surface area contributed by atoms with Gasteiger partial charge in [-0.2, -0.15) is 10.2 Å². The van der Waals surface area contributed by atoms with E-state index in [1.54, 1.807) is 0 Å². The van der Waals surface area contributed by atoms with Crippen LogP contribution >= 0.6 is 0 Å². The number of nitrogen functional groups attached to an aromatic ring is 1. The molecular formula is C13H22N6. The lowest BCUT2D eigenvalue weighted by molar-refractivity contribution is 0.712. The van der Waals surface area contributed by atoms with Crippen molar-refractivity contribution in [3.8, 4) is 0 Å². The zero-order chi connectivity index (χ0) is 14.0. The predicted octanol–water partition coefficient (Wildman–Crippen LogP) is 1.51. The number of rotatable bonds is 5. The lowest BCUT2D eigenvalue weighted by atomic mass is 10.1. The van der Waals surface area contributed by atoms with E-state index in [1.807, 2.05) is 35.7 Å². The zero-order valence-corrected chi connectivity index (χ0v) is 12.0. The molecule has 2 rings (SSSR count). The van der Waals surface area contributed by atoms with E-state index in [9.17, 15) is 0 Å². The number of hydrogen-bond acceptors (Lipinski definition) is 4. The molecule has 0 unspecified atom stereocenters. The van der Waals surface area contributed by atoms with Crippen molar-refractivity contribution in [1.29, 1.82) is 0 Å². The van der Waals surface area contributed by atoms with E-state index in [0.717, 1.165) is 35.9 Å². The molecular weight excluding hydrogens is 240 g/mol. The molecule has 2 heterocycles. The quantitative estimate of drug-likeness (QED) is 0.856. The highest BCUT2D eigenvalue weighted by atomic mass is 15.3. The Morgan fingerprint density at radius 3 is 2.58 bits per heavy atom. The molecule has 0 spiro atoms. The van der Waals surface area contributed by atoms with Crippen molar-refractivity contribution in [3.63, 3.8) is 0 Å². The number of anilines is 2. The van der Waals surface area contributed by atoms with E-state index in [4.69, 9.17) is 5.73 Å². The van der Waals surface area contributed by atoms with Crippen LogP contribution in [0.15, 0.2) is 12.3 Å². The van der Waals surface area contributed by atoms with Crippen molar-refractivity contribution in [2.45, 2.75) is 26.2 Å². The third-order valence-corrected chi connectivity index (χ3v) is 3.10. The first-order valence-corrected chi connectivity index (χ1v) is 6.53. The van der Waals surface area contributed by atoms with Crippen LogP contribution in [0.3, 0.4) is 0 Å². The molecule has 2 aromatic rings. The van der Waals surface area contributed by atoms with Gasteiger partial charge in [-0.3, -0.25) is 9.36 Å². The molecule has 0 aliphatic heterocycles. The highest BCUT2D eigenvalue weighted by Crippen LogP contribution is 2.27. The third kappa shape index (κ3) is 2.89. The number of nitrogens with one attached hydrogen (secondary N) is 1. The largest absolute Gasteiger partial charge is 0.394 e. The molecule has 2 aromatic heterocycles. The van der Waals surface area contributed by atoms with Gasteiger partial charge in [0.25, 0.3) is 0 Å². The van der Waals surface area contributed by atoms with Gasteiger partial charge >= 0.3 is 0 Å². The van der Waals surface area contributed by atoms with E-state index in [1.165, 1.54) is 0 Å². The molecule has 0 aliphatic rings. The molecule has 104 valence electrons. The first kappa shape index (κ1) is 13.5. The summed E-state index contributed by atoms with van der Waals surface area (Å²) >= 11 is 0. The Balaban J connectivity index is 2.00. The number of aryl methyl sites for hydroxylation is 2. The van der Waals surface area contributed by atoms with Crippen LogP contribution in [0.5, 0.6) is 0 Å². The van der Waals surface area contributed by atoms with Gasteiger partial charge in [-0.05, 0) is 12.0 Å². The summed E-state index contributed by atoms with van der Waals surface area (Å²) in [5.41, 5.74) is 8.89. The first-order valence-electron chi connectivity index (χ1n) is 6.53. The second-order valence-electron chi connectivity index (χ2n) is 5.08. The average molecular weight is 262 g/mol. The highest BCUT2D eigenvalue weighted by molar-refractivity contribution is 5.65. The summed E-state index contributed by atoms with van der Waals surface area (Å²) in [6.07, 6.45) is 2.81. The molecule has 0 bridgehead atoms. The molecule has 0 amide bonds. The van der Waals surface area contributed by atoms with Gasteiger partial charge in [0.15, 0.2) is 0 Å². The Bertz CT molecular complexity index is 551. The van der Waals surface area contributed by atoms with Gasteiger partial charge in [0.1, 0.15) is 5.82 Å². The van der Waals surface area contributed by atoms with E-state index in [2.05, 4.69) is 29.4 Å². The second kappa shape index (κ2) is 5.34. The molecule has 0 aromatic carbocycles. The summed E-state index contributed by atoms with van der Waals surface area (Å²) in [7, 11) is 3.83. The number of nitrogens with two attached hydrogens (primary N) is 1. The topological polar surface area (TPSA) is 73.7 Å². The first-order chi connectivity index (χ1) is 8.99. The molecule has 6 heteroatoms. The molecule has 0 atom stereocenters. The molecule has 0 radical (unpaired) electrons. The number of hydrogen-bond donors (Lipinski definition) is 2. The summed E-state index contributed by atoms with van der Waals surface area (Å²) in [6.45, 7) is 4.98. The smallest absolute Gasteiger partial charge is 0.147 e. The lowest BCUT2D eigenvalue weighted by Crippen LogP contribution is -2.10. The third-order valence-electron chi connectivity index (χ3n) is 3.10. The summed E-state index contributed by atoms with van der Waals surface area (Å²) in [5, 5.41) is 12.1. The SMILES string of the molecule is CC(C)c1nn(C)c(NCCc2ccn(C)n2)c1N. The van der Waals surface area contributed by atoms with Gasteiger partial charge in [0.2, 0.25) is 0 Å². The fourth-order valence-electron chi connectivity index (χ4n) is 2.10. The van der Waals surface area contributed by atoms with Crippen LogP contribution in [0.25, 0.3) is 0 Å². The van der Waals surface area contributed by atoms with Crippen molar-refractivity contribution in [1.82, 2.24) is 19.6 Å². The molecule has 6 nitrogen and oxygen atoms in total. The highest BCUT2D eigenvalue weighted by Gasteiger charge is 2.15. The van der Waals surface area contributed by atoms with Crippen molar-refractivity contribution >= 4 is 11.5 Å². The van der Waals surface area contributed by atoms with Crippen molar-refractivity contribution in [3.05, 3.63) is 23.7 Å². The minimum atomic E-state index is 0.331. The van der Waals surface area contributed by atoms with E-state index in [-0.39, 0.29) is 0 Å². The van der Waals surface area contributed by atoms with Crippen LogP contribution in [0, 0.1) is 0 Å². The minimum Gasteiger partial charge on any atom is -0.394 e. The molecule has 0 fully saturated rings. The summed E-state index contributed by atoms with van der Waals surface area (Å²) in [6, 6.07) is 2.02. The predicted molar refractivity (Wildman–Crippen MR) is 77.1 cm³/mol. The fraction of sp³-hybridized carbons (Fsp3) is 0.538. The standard InChI is InChI=1S/C13H22N6/c1-9(2)12-11(14)13(19(4)17-12)15-7-5-10-6-8-18(3)16-10/h6,8-9,15H,5,7,14H2,1-4H3. The minimum absolute atomic E-state index is 0.331. The molecule has 0 saturated carbocycles. The van der Waals surface area contributed by atoms with Gasteiger partial charge < -0.3 is 11.1 Å². The Kier molecular flexibility index (Phi) is 3.78. The molecule has 0 aliphatic carbocycles. The Hall–Kier alpha value is -1.98. The van der Waals surface area contributed by atoms with Crippen LogP contribution in [-0.4, -0.2) is 26.1 Å². The van der Waals surface area contributed by atoms with E-state index >= 15 is 0 Å². The van der Waals surface area contributed by atoms with Crippen LogP contribution in [0.2, 0.25) is 0 Å². The van der Waals surface area contributed by atoms with Crippen LogP contribution in [0.4, 0.5) is 11.5 Å². The van der Waals surface area contributed by atoms with E-state index < -0.39 is 0 Å². The van der Waals surface area contributed by atoms with Gasteiger partial charge in [0, 0.05) is 33.3 Å². The van der Waals surface area contributed by atoms with Gasteiger partial charge in [-0.15, -0.1) is 0 Å². The Morgan fingerprint density at radius 2 is 2.05 bits per heavy atom. The molecule has 3 N–H and O–H groups in total. The summed E-state index contributed by atoms with van der Waals surface area (Å²) in [5.74, 6) is 1.22. The normalized spacial score (nSPS) is 11.2. The number of aromatic nitrogens is 4. The summed E-state index contributed by atoms with van der Waals surface area (Å²) < 4.78 is 3.62. The van der Waals surface area contributed by atoms with Gasteiger partial charge in [0.05, 0.1) is 17.1 Å². The molecule has 0 saturated heterocycles. The van der Waals surface area contributed by atoms with Crippen molar-refractivity contribution in [2.75, 3.05) is 17.6 Å². The Labute approximate surface area is 113 Å². The van der Waals surface area contributed by atoms with Gasteiger partial charge in [-0.25, -0.2) is 0 Å².